The molecular formula is C19H15Cl2FN2O3S2. The van der Waals surface area contributed by atoms with Gasteiger partial charge in [-0.25, -0.2) is 12.8 Å². The molecule has 152 valence electrons. The number of halogens is 3. The molecule has 0 aliphatic rings. The van der Waals surface area contributed by atoms with Crippen LogP contribution in [-0.2, 0) is 16.6 Å². The maximum atomic E-state index is 13.1. The Hall–Kier alpha value is -2.13. The number of carbonyl (C=O) groups is 1. The van der Waals surface area contributed by atoms with Crippen LogP contribution in [-0.4, -0.2) is 26.3 Å². The van der Waals surface area contributed by atoms with Crippen molar-refractivity contribution in [3.8, 4) is 0 Å². The van der Waals surface area contributed by atoms with E-state index in [1.54, 1.807) is 13.1 Å². The fourth-order valence-electron chi connectivity index (χ4n) is 2.52. The molecule has 29 heavy (non-hydrogen) atoms. The van der Waals surface area contributed by atoms with Crippen LogP contribution in [0.15, 0.2) is 59.5 Å². The smallest absolute Gasteiger partial charge is 0.261 e. The normalized spacial score (nSPS) is 11.3. The number of carbonyl (C=O) groups excluding carboxylic acids is 1. The Balaban J connectivity index is 1.81. The highest BCUT2D eigenvalue weighted by molar-refractivity contribution is 7.92. The number of nitrogens with one attached hydrogen (secondary N) is 1. The van der Waals surface area contributed by atoms with Gasteiger partial charge in [-0.1, -0.05) is 23.2 Å². The standard InChI is InChI=1S/C19H15Cl2FN2O3S2/c1-24(11-14-5-9-18(21)28-14)19(25)12-2-8-16(20)17(10-12)23-29(26,27)15-6-3-13(22)4-7-15/h2-10,23H,11H2,1H3. The Bertz CT molecular complexity index is 1150. The summed E-state index contributed by atoms with van der Waals surface area (Å²) in [5.74, 6) is -0.863. The van der Waals surface area contributed by atoms with Crippen LogP contribution >= 0.6 is 34.5 Å². The minimum Gasteiger partial charge on any atom is -0.337 e. The average molecular weight is 473 g/mol. The third-order valence-electron chi connectivity index (χ3n) is 3.95. The second-order valence-corrected chi connectivity index (χ2v) is 10.0. The summed E-state index contributed by atoms with van der Waals surface area (Å²) in [5, 5.41) is 0.125. The molecule has 0 fully saturated rings. The molecule has 1 aromatic heterocycles. The van der Waals surface area contributed by atoms with E-state index in [1.165, 1.54) is 34.4 Å². The van der Waals surface area contributed by atoms with Crippen LogP contribution in [0, 0.1) is 5.82 Å². The lowest BCUT2D eigenvalue weighted by molar-refractivity contribution is 0.0786. The van der Waals surface area contributed by atoms with Crippen molar-refractivity contribution in [2.75, 3.05) is 11.8 Å². The van der Waals surface area contributed by atoms with Gasteiger partial charge in [0.05, 0.1) is 26.5 Å². The first-order valence-corrected chi connectivity index (χ1v) is 11.3. The highest BCUT2D eigenvalue weighted by Gasteiger charge is 2.19. The lowest BCUT2D eigenvalue weighted by Gasteiger charge is -2.17. The van der Waals surface area contributed by atoms with Crippen LogP contribution in [0.2, 0.25) is 9.36 Å². The van der Waals surface area contributed by atoms with E-state index in [4.69, 9.17) is 23.2 Å². The molecule has 0 spiro atoms. The van der Waals surface area contributed by atoms with E-state index in [1.807, 2.05) is 6.07 Å². The third-order valence-corrected chi connectivity index (χ3v) is 6.88. The van der Waals surface area contributed by atoms with Gasteiger partial charge in [0, 0.05) is 17.5 Å². The van der Waals surface area contributed by atoms with Crippen LogP contribution in [0.3, 0.4) is 0 Å². The highest BCUT2D eigenvalue weighted by atomic mass is 35.5. The van der Waals surface area contributed by atoms with Crippen molar-refractivity contribution in [1.82, 2.24) is 4.90 Å². The third kappa shape index (κ3) is 5.27. The molecular weight excluding hydrogens is 458 g/mol. The molecule has 10 heteroatoms. The number of hydrogen-bond donors (Lipinski definition) is 1. The van der Waals surface area contributed by atoms with Gasteiger partial charge in [0.1, 0.15) is 5.82 Å². The van der Waals surface area contributed by atoms with Gasteiger partial charge >= 0.3 is 0 Å². The van der Waals surface area contributed by atoms with Gasteiger partial charge in [0.15, 0.2) is 0 Å². The molecule has 0 saturated heterocycles. The topological polar surface area (TPSA) is 66.5 Å². The van der Waals surface area contributed by atoms with E-state index >= 15 is 0 Å². The monoisotopic (exact) mass is 472 g/mol. The Morgan fingerprint density at radius 1 is 1.10 bits per heavy atom. The largest absolute Gasteiger partial charge is 0.337 e. The predicted molar refractivity (Wildman–Crippen MR) is 114 cm³/mol. The zero-order chi connectivity index (χ0) is 21.2. The maximum absolute atomic E-state index is 13.1. The van der Waals surface area contributed by atoms with E-state index in [0.29, 0.717) is 10.9 Å². The number of rotatable bonds is 6. The van der Waals surface area contributed by atoms with E-state index in [9.17, 15) is 17.6 Å². The summed E-state index contributed by atoms with van der Waals surface area (Å²) in [6.45, 7) is 0.357. The number of benzene rings is 2. The van der Waals surface area contributed by atoms with E-state index in [0.717, 1.165) is 29.1 Å². The molecule has 0 bridgehead atoms. The SMILES string of the molecule is CN(Cc1ccc(Cl)s1)C(=O)c1ccc(Cl)c(NS(=O)(=O)c2ccc(F)cc2)c1. The summed E-state index contributed by atoms with van der Waals surface area (Å²) in [4.78, 5) is 15.0. The molecule has 3 aromatic rings. The quantitative estimate of drug-likeness (QED) is 0.531. The molecule has 0 aliphatic carbocycles. The van der Waals surface area contributed by atoms with Gasteiger partial charge < -0.3 is 4.90 Å². The van der Waals surface area contributed by atoms with Crippen LogP contribution in [0.25, 0.3) is 0 Å². The van der Waals surface area contributed by atoms with Crippen LogP contribution in [0.4, 0.5) is 10.1 Å². The van der Waals surface area contributed by atoms with Crippen molar-refractivity contribution < 1.29 is 17.6 Å². The first-order chi connectivity index (χ1) is 13.7. The molecule has 0 unspecified atom stereocenters. The molecule has 1 N–H and O–H groups in total. The summed E-state index contributed by atoms with van der Waals surface area (Å²) in [6, 6.07) is 12.3. The van der Waals surface area contributed by atoms with Crippen molar-refractivity contribution in [1.29, 1.82) is 0 Å². The maximum Gasteiger partial charge on any atom is 0.261 e. The fraction of sp³-hybridized carbons (Fsp3) is 0.105. The first-order valence-electron chi connectivity index (χ1n) is 8.23. The fourth-order valence-corrected chi connectivity index (χ4v) is 4.95. The molecule has 3 rings (SSSR count). The van der Waals surface area contributed by atoms with Crippen LogP contribution < -0.4 is 4.72 Å². The molecule has 1 heterocycles. The number of anilines is 1. The van der Waals surface area contributed by atoms with Crippen LogP contribution in [0.1, 0.15) is 15.2 Å². The molecule has 2 aromatic carbocycles. The molecule has 0 radical (unpaired) electrons. The Morgan fingerprint density at radius 2 is 1.79 bits per heavy atom. The van der Waals surface area contributed by atoms with Crippen molar-refractivity contribution in [3.05, 3.63) is 80.2 Å². The summed E-state index contributed by atoms with van der Waals surface area (Å²) < 4.78 is 41.1. The van der Waals surface area contributed by atoms with E-state index < -0.39 is 15.8 Å². The van der Waals surface area contributed by atoms with Crippen molar-refractivity contribution in [2.24, 2.45) is 0 Å². The Labute approximate surface area is 181 Å². The predicted octanol–water partition coefficient (Wildman–Crippen LogP) is 5.27. The average Bonchev–Trinajstić information content (AvgIpc) is 3.07. The van der Waals surface area contributed by atoms with Gasteiger partial charge in [-0.15, -0.1) is 11.3 Å². The minimum atomic E-state index is -4.00. The zero-order valence-electron chi connectivity index (χ0n) is 15.0. The second-order valence-electron chi connectivity index (χ2n) is 6.12. The Kier molecular flexibility index (Phi) is 6.48. The van der Waals surface area contributed by atoms with Gasteiger partial charge in [-0.2, -0.15) is 0 Å². The van der Waals surface area contributed by atoms with Gasteiger partial charge in [0.2, 0.25) is 0 Å². The van der Waals surface area contributed by atoms with Crippen molar-refractivity contribution in [2.45, 2.75) is 11.4 Å². The summed E-state index contributed by atoms with van der Waals surface area (Å²) in [5.41, 5.74) is 0.311. The molecule has 0 saturated carbocycles. The van der Waals surface area contributed by atoms with Crippen molar-refractivity contribution in [3.63, 3.8) is 0 Å². The summed E-state index contributed by atoms with van der Waals surface area (Å²) in [7, 11) is -2.37. The molecule has 0 atom stereocenters. The summed E-state index contributed by atoms with van der Waals surface area (Å²) in [6.07, 6.45) is 0. The second kappa shape index (κ2) is 8.71. The first kappa shape index (κ1) is 21.6. The lowest BCUT2D eigenvalue weighted by atomic mass is 10.2. The van der Waals surface area contributed by atoms with Gasteiger partial charge in [0.25, 0.3) is 15.9 Å². The highest BCUT2D eigenvalue weighted by Crippen LogP contribution is 2.27. The minimum absolute atomic E-state index is 0.0504. The van der Waals surface area contributed by atoms with Crippen molar-refractivity contribution >= 4 is 56.2 Å². The summed E-state index contributed by atoms with van der Waals surface area (Å²) >= 11 is 13.4. The molecule has 0 aliphatic heterocycles. The molecule has 5 nitrogen and oxygen atoms in total. The number of sulfonamides is 1. The number of hydrogen-bond acceptors (Lipinski definition) is 4. The van der Waals surface area contributed by atoms with Crippen LogP contribution in [0.5, 0.6) is 0 Å². The number of thiophene rings is 1. The van der Waals surface area contributed by atoms with Gasteiger partial charge in [-0.3, -0.25) is 9.52 Å². The van der Waals surface area contributed by atoms with E-state index in [2.05, 4.69) is 4.72 Å². The molecule has 1 amide bonds. The lowest BCUT2D eigenvalue weighted by Crippen LogP contribution is -2.26. The zero-order valence-corrected chi connectivity index (χ0v) is 18.2. The number of amides is 1. The Morgan fingerprint density at radius 3 is 2.41 bits per heavy atom. The van der Waals surface area contributed by atoms with Gasteiger partial charge in [-0.05, 0) is 54.6 Å². The number of nitrogens with zero attached hydrogens (tertiary/aromatic N) is 1. The van der Waals surface area contributed by atoms with E-state index in [-0.39, 0.29) is 27.1 Å².